The number of halogens is 1. The molecule has 4 rings (SSSR count). The Morgan fingerprint density at radius 2 is 2.16 bits per heavy atom. The topological polar surface area (TPSA) is 119 Å². The monoisotopic (exact) mass is 435 g/mol. The third-order valence-corrected chi connectivity index (χ3v) is 5.06. The Morgan fingerprint density at radius 3 is 2.88 bits per heavy atom. The van der Waals surface area contributed by atoms with Crippen molar-refractivity contribution in [1.29, 1.82) is 0 Å². The average Bonchev–Trinajstić information content (AvgIpc) is 2.74. The first-order valence-electron chi connectivity index (χ1n) is 9.97. The Morgan fingerprint density at radius 1 is 1.34 bits per heavy atom. The fourth-order valence-corrected chi connectivity index (χ4v) is 3.41. The Balaban J connectivity index is 1.53. The smallest absolute Gasteiger partial charge is 0.322 e. The number of ether oxygens (including phenoxy) is 1. The summed E-state index contributed by atoms with van der Waals surface area (Å²) in [6.07, 6.45) is 4.16. The molecular weight excluding hydrogens is 413 g/mol. The van der Waals surface area contributed by atoms with Gasteiger partial charge in [0.2, 0.25) is 5.91 Å². The van der Waals surface area contributed by atoms with Crippen molar-refractivity contribution in [2.24, 2.45) is 5.92 Å². The van der Waals surface area contributed by atoms with Crippen LogP contribution >= 0.6 is 0 Å². The molecule has 2 aromatic heterocycles. The molecular formula is C22H22FN7O2. The number of amides is 1. The van der Waals surface area contributed by atoms with Gasteiger partial charge < -0.3 is 20.7 Å². The van der Waals surface area contributed by atoms with Gasteiger partial charge in [-0.3, -0.25) is 4.79 Å². The number of aryl methyl sites for hydroxylation is 1. The molecule has 1 aliphatic rings. The first-order valence-corrected chi connectivity index (χ1v) is 9.97. The highest BCUT2D eigenvalue weighted by atomic mass is 19.1. The van der Waals surface area contributed by atoms with E-state index < -0.39 is 5.82 Å². The van der Waals surface area contributed by atoms with Gasteiger partial charge in [0.05, 0.1) is 5.56 Å². The van der Waals surface area contributed by atoms with Gasteiger partial charge in [-0.15, -0.1) is 0 Å². The van der Waals surface area contributed by atoms with Gasteiger partial charge in [-0.1, -0.05) is 12.6 Å². The highest BCUT2D eigenvalue weighted by molar-refractivity contribution is 5.87. The number of hydrogen-bond acceptors (Lipinski definition) is 8. The van der Waals surface area contributed by atoms with Crippen molar-refractivity contribution >= 4 is 17.5 Å². The van der Waals surface area contributed by atoms with Gasteiger partial charge >= 0.3 is 6.01 Å². The van der Waals surface area contributed by atoms with E-state index >= 15 is 0 Å². The van der Waals surface area contributed by atoms with Crippen LogP contribution in [0.3, 0.4) is 0 Å². The number of nitrogens with one attached hydrogen (secondary N) is 1. The van der Waals surface area contributed by atoms with Crippen molar-refractivity contribution in [2.75, 3.05) is 30.3 Å². The quantitative estimate of drug-likeness (QED) is 0.544. The number of nitrogens with two attached hydrogens (primary N) is 1. The molecule has 1 amide bonds. The van der Waals surface area contributed by atoms with Crippen LogP contribution < -0.4 is 20.7 Å². The van der Waals surface area contributed by atoms with E-state index in [1.807, 2.05) is 4.90 Å². The molecule has 1 aliphatic heterocycles. The van der Waals surface area contributed by atoms with Crippen molar-refractivity contribution in [3.8, 4) is 22.9 Å². The number of anilines is 2. The van der Waals surface area contributed by atoms with E-state index in [0.29, 0.717) is 42.3 Å². The summed E-state index contributed by atoms with van der Waals surface area (Å²) < 4.78 is 20.3. The number of hydrogen-bond donors (Lipinski definition) is 2. The van der Waals surface area contributed by atoms with Gasteiger partial charge in [-0.2, -0.15) is 0 Å². The maximum Gasteiger partial charge on any atom is 0.322 e. The van der Waals surface area contributed by atoms with Crippen LogP contribution in [0.2, 0.25) is 0 Å². The minimum absolute atomic E-state index is 0.00158. The zero-order chi connectivity index (χ0) is 22.7. The maximum atomic E-state index is 14.8. The standard InChI is InChI=1S/C22H22FN7O2/c1-3-18(31)26-9-14-10-30(11-14)21-19(20(24)27-12-28-21)15-4-5-17(16(23)8-15)32-22-25-7-6-13(2)29-22/h3-8,12,14H,1,9-11H2,2H3,(H,26,31)(H2,24,27,28). The summed E-state index contributed by atoms with van der Waals surface area (Å²) in [4.78, 5) is 29.9. The zero-order valence-corrected chi connectivity index (χ0v) is 17.5. The van der Waals surface area contributed by atoms with Crippen molar-refractivity contribution in [3.05, 3.63) is 61.0 Å². The Kier molecular flexibility index (Phi) is 5.93. The summed E-state index contributed by atoms with van der Waals surface area (Å²) in [5, 5.41) is 2.79. The predicted molar refractivity (Wildman–Crippen MR) is 118 cm³/mol. The second-order valence-corrected chi connectivity index (χ2v) is 7.41. The fraction of sp³-hybridized carbons (Fsp3) is 0.227. The molecule has 0 spiro atoms. The van der Waals surface area contributed by atoms with Crippen LogP contribution in [0, 0.1) is 18.7 Å². The third kappa shape index (κ3) is 4.48. The largest absolute Gasteiger partial charge is 0.421 e. The summed E-state index contributed by atoms with van der Waals surface area (Å²) in [5.41, 5.74) is 7.91. The minimum atomic E-state index is -0.588. The van der Waals surface area contributed by atoms with E-state index in [4.69, 9.17) is 10.5 Å². The Hall–Kier alpha value is -4.08. The lowest BCUT2D eigenvalue weighted by Crippen LogP contribution is -2.52. The van der Waals surface area contributed by atoms with Gasteiger partial charge in [-0.25, -0.2) is 24.3 Å². The average molecular weight is 435 g/mol. The highest BCUT2D eigenvalue weighted by Crippen LogP contribution is 2.37. The van der Waals surface area contributed by atoms with E-state index in [0.717, 1.165) is 0 Å². The number of rotatable bonds is 7. The van der Waals surface area contributed by atoms with Gasteiger partial charge in [-0.05, 0) is 36.8 Å². The third-order valence-electron chi connectivity index (χ3n) is 5.06. The SMILES string of the molecule is C=CC(=O)NCC1CN(c2ncnc(N)c2-c2ccc(Oc3nccc(C)n3)c(F)c2)C1. The second-order valence-electron chi connectivity index (χ2n) is 7.41. The number of benzene rings is 1. The van der Waals surface area contributed by atoms with E-state index in [1.54, 1.807) is 25.3 Å². The molecule has 1 aromatic carbocycles. The number of aromatic nitrogens is 4. The zero-order valence-electron chi connectivity index (χ0n) is 17.5. The Labute approximate surface area is 184 Å². The molecule has 0 aliphatic carbocycles. The van der Waals surface area contributed by atoms with E-state index in [1.165, 1.54) is 24.5 Å². The predicted octanol–water partition coefficient (Wildman–Crippen LogP) is 2.49. The molecule has 164 valence electrons. The van der Waals surface area contributed by atoms with Gasteiger partial charge in [0, 0.05) is 37.4 Å². The highest BCUT2D eigenvalue weighted by Gasteiger charge is 2.30. The molecule has 9 nitrogen and oxygen atoms in total. The van der Waals surface area contributed by atoms with Crippen LogP contribution in [-0.2, 0) is 4.79 Å². The van der Waals surface area contributed by atoms with Gasteiger partial charge in [0.25, 0.3) is 0 Å². The van der Waals surface area contributed by atoms with E-state index in [9.17, 15) is 9.18 Å². The molecule has 0 bridgehead atoms. The maximum absolute atomic E-state index is 14.8. The minimum Gasteiger partial charge on any atom is -0.421 e. The molecule has 3 heterocycles. The lowest BCUT2D eigenvalue weighted by molar-refractivity contribution is -0.116. The lowest BCUT2D eigenvalue weighted by Gasteiger charge is -2.41. The molecule has 1 saturated heterocycles. The molecule has 3 aromatic rings. The van der Waals surface area contributed by atoms with Crippen LogP contribution in [-0.4, -0.2) is 45.5 Å². The summed E-state index contributed by atoms with van der Waals surface area (Å²) in [6.45, 7) is 7.13. The summed E-state index contributed by atoms with van der Waals surface area (Å²) in [7, 11) is 0. The number of nitrogens with zero attached hydrogens (tertiary/aromatic N) is 5. The first-order chi connectivity index (χ1) is 15.4. The Bertz CT molecular complexity index is 1160. The molecule has 0 radical (unpaired) electrons. The fourth-order valence-electron chi connectivity index (χ4n) is 3.41. The molecule has 3 N–H and O–H groups in total. The number of nitrogen functional groups attached to an aromatic ring is 1. The van der Waals surface area contributed by atoms with Crippen molar-refractivity contribution < 1.29 is 13.9 Å². The van der Waals surface area contributed by atoms with Gasteiger partial charge in [0.1, 0.15) is 18.0 Å². The number of carbonyl (C=O) groups is 1. The second kappa shape index (κ2) is 8.96. The summed E-state index contributed by atoms with van der Waals surface area (Å²) >= 11 is 0. The molecule has 1 fully saturated rings. The van der Waals surface area contributed by atoms with Crippen molar-refractivity contribution in [3.63, 3.8) is 0 Å². The van der Waals surface area contributed by atoms with Crippen LogP contribution in [0.5, 0.6) is 11.8 Å². The molecule has 32 heavy (non-hydrogen) atoms. The normalized spacial score (nSPS) is 13.4. The van der Waals surface area contributed by atoms with Gasteiger partial charge in [0.15, 0.2) is 11.6 Å². The molecule has 0 atom stereocenters. The summed E-state index contributed by atoms with van der Waals surface area (Å²) in [5.74, 6) is 0.329. The van der Waals surface area contributed by atoms with Crippen LogP contribution in [0.1, 0.15) is 5.69 Å². The van der Waals surface area contributed by atoms with Crippen LogP contribution in [0.15, 0.2) is 49.4 Å². The van der Waals surface area contributed by atoms with Crippen LogP contribution in [0.25, 0.3) is 11.1 Å². The molecule has 0 unspecified atom stereocenters. The van der Waals surface area contributed by atoms with E-state index in [-0.39, 0.29) is 29.4 Å². The summed E-state index contributed by atoms with van der Waals surface area (Å²) in [6, 6.07) is 6.30. The number of carbonyl (C=O) groups excluding carboxylic acids is 1. The van der Waals surface area contributed by atoms with Crippen LogP contribution in [0.4, 0.5) is 16.0 Å². The van der Waals surface area contributed by atoms with E-state index in [2.05, 4.69) is 31.8 Å². The van der Waals surface area contributed by atoms with Crippen molar-refractivity contribution in [1.82, 2.24) is 25.3 Å². The lowest BCUT2D eigenvalue weighted by atomic mass is 9.97. The first kappa shape index (κ1) is 21.2. The molecule has 0 saturated carbocycles. The molecule has 10 heteroatoms. The van der Waals surface area contributed by atoms with Crippen molar-refractivity contribution in [2.45, 2.75) is 6.92 Å².